The maximum Gasteiger partial charge on any atom is 0.387 e. The summed E-state index contributed by atoms with van der Waals surface area (Å²) in [5, 5.41) is 10.9. The number of esters is 1. The van der Waals surface area contributed by atoms with Gasteiger partial charge in [-0.15, -0.1) is 0 Å². The van der Waals surface area contributed by atoms with Crippen LogP contribution in [-0.2, 0) is 4.74 Å². The third-order valence-corrected chi connectivity index (χ3v) is 3.63. The quantitative estimate of drug-likeness (QED) is 0.314. The molecule has 0 saturated carbocycles. The van der Waals surface area contributed by atoms with Gasteiger partial charge in [0, 0.05) is 11.6 Å². The first-order valence-corrected chi connectivity index (χ1v) is 7.70. The first-order valence-electron chi connectivity index (χ1n) is 7.70. The fourth-order valence-corrected chi connectivity index (χ4v) is 2.29. The van der Waals surface area contributed by atoms with E-state index in [4.69, 9.17) is 4.74 Å². The molecule has 9 heteroatoms. The molecule has 2 aromatic carbocycles. The van der Waals surface area contributed by atoms with Crippen LogP contribution in [0.1, 0.15) is 31.8 Å². The molecule has 7 nitrogen and oxygen atoms in total. The molecule has 0 aromatic heterocycles. The third-order valence-electron chi connectivity index (χ3n) is 3.63. The fourth-order valence-electron chi connectivity index (χ4n) is 2.29. The lowest BCUT2D eigenvalue weighted by Gasteiger charge is -2.11. The highest BCUT2D eigenvalue weighted by Gasteiger charge is 2.20. The minimum absolute atomic E-state index is 0.103. The van der Waals surface area contributed by atoms with Crippen molar-refractivity contribution >= 4 is 17.4 Å². The van der Waals surface area contributed by atoms with Crippen LogP contribution >= 0.6 is 0 Å². The summed E-state index contributed by atoms with van der Waals surface area (Å²) in [6.45, 7) is -0.682. The van der Waals surface area contributed by atoms with Crippen molar-refractivity contribution in [3.8, 4) is 5.75 Å². The number of ketones is 1. The largest absolute Gasteiger partial charge is 0.454 e. The van der Waals surface area contributed by atoms with E-state index in [1.54, 1.807) is 6.92 Å². The van der Waals surface area contributed by atoms with Crippen LogP contribution in [0.2, 0.25) is 0 Å². The lowest BCUT2D eigenvalue weighted by molar-refractivity contribution is -0.385. The monoisotopic (exact) mass is 379 g/mol. The highest BCUT2D eigenvalue weighted by Crippen LogP contribution is 2.23. The number of Topliss-reactive ketones (excluding diaryl/α,β-unsaturated/α-hetero) is 1. The van der Waals surface area contributed by atoms with Crippen LogP contribution < -0.4 is 4.74 Å². The first-order chi connectivity index (χ1) is 12.7. The van der Waals surface area contributed by atoms with Crippen LogP contribution in [0.4, 0.5) is 14.5 Å². The van der Waals surface area contributed by atoms with Gasteiger partial charge in [0.1, 0.15) is 5.75 Å². The molecule has 0 atom stereocenters. The average Bonchev–Trinajstić information content (AvgIpc) is 2.60. The van der Waals surface area contributed by atoms with Crippen LogP contribution in [-0.4, -0.2) is 29.9 Å². The number of carbonyl (C=O) groups excluding carboxylic acids is 2. The maximum absolute atomic E-state index is 12.5. The Hall–Kier alpha value is -3.36. The van der Waals surface area contributed by atoms with E-state index in [0.29, 0.717) is 11.1 Å². The van der Waals surface area contributed by atoms with Gasteiger partial charge in [0.2, 0.25) is 5.78 Å². The summed E-state index contributed by atoms with van der Waals surface area (Å²) >= 11 is 0. The van der Waals surface area contributed by atoms with Crippen LogP contribution in [0.5, 0.6) is 5.75 Å². The Morgan fingerprint density at radius 1 is 1.15 bits per heavy atom. The van der Waals surface area contributed by atoms with Gasteiger partial charge in [-0.2, -0.15) is 8.78 Å². The third kappa shape index (κ3) is 5.06. The molecule has 0 unspecified atom stereocenters. The number of benzene rings is 2. The summed E-state index contributed by atoms with van der Waals surface area (Å²) in [5.41, 5.74) is 0.468. The molecule has 0 aliphatic carbocycles. The molecule has 2 aromatic rings. The number of rotatable bonds is 7. The average molecular weight is 379 g/mol. The number of halogens is 2. The second kappa shape index (κ2) is 8.35. The van der Waals surface area contributed by atoms with Gasteiger partial charge in [-0.1, -0.05) is 17.7 Å². The maximum atomic E-state index is 12.5. The lowest BCUT2D eigenvalue weighted by Crippen LogP contribution is -2.16. The number of nitrogens with zero attached hydrogens (tertiary/aromatic N) is 1. The summed E-state index contributed by atoms with van der Waals surface area (Å²) in [5.74, 6) is -2.03. The van der Waals surface area contributed by atoms with Gasteiger partial charge in [-0.25, -0.2) is 4.79 Å². The van der Waals surface area contributed by atoms with E-state index < -0.39 is 29.9 Å². The van der Waals surface area contributed by atoms with Crippen molar-refractivity contribution < 1.29 is 32.8 Å². The Morgan fingerprint density at radius 2 is 1.85 bits per heavy atom. The number of carbonyl (C=O) groups is 2. The summed E-state index contributed by atoms with van der Waals surface area (Å²) in [4.78, 5) is 34.6. The van der Waals surface area contributed by atoms with Crippen LogP contribution in [0, 0.1) is 24.0 Å². The normalized spacial score (nSPS) is 10.6. The molecule has 0 saturated heterocycles. The van der Waals surface area contributed by atoms with Gasteiger partial charge in [0.15, 0.2) is 6.61 Å². The second-order valence-electron chi connectivity index (χ2n) is 5.64. The number of hydrogen-bond donors (Lipinski definition) is 0. The van der Waals surface area contributed by atoms with Crippen LogP contribution in [0.3, 0.4) is 0 Å². The van der Waals surface area contributed by atoms with E-state index in [1.165, 1.54) is 37.3 Å². The molecular formula is C18H15F2NO6. The van der Waals surface area contributed by atoms with Gasteiger partial charge in [0.05, 0.1) is 16.1 Å². The minimum atomic E-state index is -3.12. The molecule has 2 rings (SSSR count). The molecule has 0 spiro atoms. The van der Waals surface area contributed by atoms with Gasteiger partial charge >= 0.3 is 12.6 Å². The molecule has 0 N–H and O–H groups in total. The lowest BCUT2D eigenvalue weighted by atomic mass is 10.1. The van der Waals surface area contributed by atoms with E-state index in [2.05, 4.69) is 4.74 Å². The van der Waals surface area contributed by atoms with Crippen molar-refractivity contribution in [2.45, 2.75) is 20.5 Å². The molecule has 27 heavy (non-hydrogen) atoms. The number of ether oxygens (including phenoxy) is 2. The van der Waals surface area contributed by atoms with Crippen molar-refractivity contribution in [3.63, 3.8) is 0 Å². The Morgan fingerprint density at radius 3 is 2.48 bits per heavy atom. The zero-order chi connectivity index (χ0) is 20.1. The molecule has 0 radical (unpaired) electrons. The summed E-state index contributed by atoms with van der Waals surface area (Å²) in [7, 11) is 0. The molecule has 0 bridgehead atoms. The SMILES string of the molecule is Cc1ccc(OC(F)F)c(C(=O)COC(=O)c2ccc(C)c([N+](=O)[O-])c2)c1. The second-order valence-corrected chi connectivity index (χ2v) is 5.64. The Labute approximate surface area is 152 Å². The number of hydrogen-bond acceptors (Lipinski definition) is 6. The molecule has 0 amide bonds. The summed E-state index contributed by atoms with van der Waals surface area (Å²) in [6, 6.07) is 7.80. The zero-order valence-electron chi connectivity index (χ0n) is 14.4. The van der Waals surface area contributed by atoms with Crippen LogP contribution in [0.15, 0.2) is 36.4 Å². The smallest absolute Gasteiger partial charge is 0.387 e. The topological polar surface area (TPSA) is 95.7 Å². The van der Waals surface area contributed by atoms with Crippen molar-refractivity contribution in [3.05, 3.63) is 68.8 Å². The molecule has 0 heterocycles. The number of alkyl halides is 2. The highest BCUT2D eigenvalue weighted by molar-refractivity contribution is 6.01. The first kappa shape index (κ1) is 20.0. The van der Waals surface area contributed by atoms with Gasteiger partial charge in [-0.05, 0) is 32.0 Å². The predicted molar refractivity (Wildman–Crippen MR) is 90.3 cm³/mol. The Bertz CT molecular complexity index is 897. The Balaban J connectivity index is 2.14. The highest BCUT2D eigenvalue weighted by atomic mass is 19.3. The number of nitro groups is 1. The van der Waals surface area contributed by atoms with Gasteiger partial charge in [-0.3, -0.25) is 14.9 Å². The fraction of sp³-hybridized carbons (Fsp3) is 0.222. The standard InChI is InChI=1S/C18H15F2NO6/c1-10-3-6-16(27-18(19)20)13(7-10)15(22)9-26-17(23)12-5-4-11(2)14(8-12)21(24)25/h3-8,18H,9H2,1-2H3. The molecule has 0 aliphatic heterocycles. The van der Waals surface area contributed by atoms with Gasteiger partial charge < -0.3 is 9.47 Å². The summed E-state index contributed by atoms with van der Waals surface area (Å²) < 4.78 is 34.1. The predicted octanol–water partition coefficient (Wildman–Crippen LogP) is 3.85. The minimum Gasteiger partial charge on any atom is -0.454 e. The van der Waals surface area contributed by atoms with E-state index >= 15 is 0 Å². The van der Waals surface area contributed by atoms with E-state index in [9.17, 15) is 28.5 Å². The summed E-state index contributed by atoms with van der Waals surface area (Å²) in [6.07, 6.45) is 0. The van der Waals surface area contributed by atoms with E-state index in [0.717, 1.165) is 6.07 Å². The molecule has 0 aliphatic rings. The molecule has 0 fully saturated rings. The number of aryl methyl sites for hydroxylation is 2. The van der Waals surface area contributed by atoms with E-state index in [1.807, 2.05) is 0 Å². The Kier molecular flexibility index (Phi) is 6.17. The van der Waals surface area contributed by atoms with Crippen molar-refractivity contribution in [2.75, 3.05) is 6.61 Å². The molecular weight excluding hydrogens is 364 g/mol. The number of nitro benzene ring substituents is 1. The zero-order valence-corrected chi connectivity index (χ0v) is 14.4. The van der Waals surface area contributed by atoms with Crippen molar-refractivity contribution in [2.24, 2.45) is 0 Å². The van der Waals surface area contributed by atoms with Crippen LogP contribution in [0.25, 0.3) is 0 Å². The van der Waals surface area contributed by atoms with Crippen molar-refractivity contribution in [1.82, 2.24) is 0 Å². The van der Waals surface area contributed by atoms with Crippen molar-refractivity contribution in [1.29, 1.82) is 0 Å². The van der Waals surface area contributed by atoms with E-state index in [-0.39, 0.29) is 22.6 Å². The van der Waals surface area contributed by atoms with Gasteiger partial charge in [0.25, 0.3) is 5.69 Å². The molecule has 142 valence electrons.